The summed E-state index contributed by atoms with van der Waals surface area (Å²) in [4.78, 5) is 46.1. The highest BCUT2D eigenvalue weighted by Gasteiger charge is 2.56. The molecular formula is C17H28NO9+. The summed E-state index contributed by atoms with van der Waals surface area (Å²) >= 11 is 0. The monoisotopic (exact) mass is 390 g/mol. The molecule has 154 valence electrons. The minimum absolute atomic E-state index is 0.180. The van der Waals surface area contributed by atoms with Gasteiger partial charge in [0.1, 0.15) is 12.7 Å². The van der Waals surface area contributed by atoms with Gasteiger partial charge in [0.2, 0.25) is 12.3 Å². The summed E-state index contributed by atoms with van der Waals surface area (Å²) in [6.45, 7) is 4.58. The molecule has 0 aromatic carbocycles. The maximum atomic E-state index is 11.7. The molecule has 0 aromatic rings. The number of carbonyl (C=O) groups excluding carboxylic acids is 4. The van der Waals surface area contributed by atoms with E-state index in [0.717, 1.165) is 0 Å². The lowest BCUT2D eigenvalue weighted by molar-refractivity contribution is -0.927. The fraction of sp³-hybridized carbons (Fsp3) is 0.765. The fourth-order valence-electron chi connectivity index (χ4n) is 2.83. The zero-order valence-corrected chi connectivity index (χ0v) is 16.7. The quantitative estimate of drug-likeness (QED) is 0.345. The number of ether oxygens (including phenoxy) is 5. The summed E-state index contributed by atoms with van der Waals surface area (Å²) in [5, 5.41) is 0. The standard InChI is InChI=1S/C17H28NO9/c1-9(19)23-8-13-14(24-10(2)20)15(25-11(3)21)16(26-12(4)22)17(27-13)18(5,6)7/h13-17H,8H2,1-7H3/q+1/t13-,14-,15+,16-,17?/m1/s1. The number of hydrogen-bond acceptors (Lipinski definition) is 9. The van der Waals surface area contributed by atoms with Gasteiger partial charge in [0.05, 0.1) is 21.1 Å². The van der Waals surface area contributed by atoms with E-state index < -0.39 is 54.5 Å². The summed E-state index contributed by atoms with van der Waals surface area (Å²) in [6, 6.07) is 0. The van der Waals surface area contributed by atoms with E-state index >= 15 is 0 Å². The van der Waals surface area contributed by atoms with Crippen LogP contribution in [-0.2, 0) is 42.9 Å². The van der Waals surface area contributed by atoms with E-state index in [1.54, 1.807) is 21.1 Å². The first-order chi connectivity index (χ1) is 12.3. The molecule has 1 heterocycles. The van der Waals surface area contributed by atoms with Crippen molar-refractivity contribution in [2.45, 2.75) is 58.3 Å². The van der Waals surface area contributed by atoms with E-state index in [2.05, 4.69) is 0 Å². The van der Waals surface area contributed by atoms with Crippen molar-refractivity contribution in [3.8, 4) is 0 Å². The molecule has 0 aromatic heterocycles. The van der Waals surface area contributed by atoms with Crippen molar-refractivity contribution in [1.29, 1.82) is 0 Å². The molecule has 0 N–H and O–H groups in total. The van der Waals surface area contributed by atoms with Crippen molar-refractivity contribution in [2.75, 3.05) is 27.7 Å². The van der Waals surface area contributed by atoms with Crippen LogP contribution in [0, 0.1) is 0 Å². The number of esters is 4. The van der Waals surface area contributed by atoms with Crippen molar-refractivity contribution in [3.63, 3.8) is 0 Å². The first kappa shape index (κ1) is 22.8. The molecule has 10 nitrogen and oxygen atoms in total. The van der Waals surface area contributed by atoms with Crippen molar-refractivity contribution in [1.82, 2.24) is 0 Å². The minimum atomic E-state index is -1.13. The van der Waals surface area contributed by atoms with Crippen LogP contribution in [0.15, 0.2) is 0 Å². The molecule has 5 atom stereocenters. The Morgan fingerprint density at radius 2 is 1.19 bits per heavy atom. The van der Waals surface area contributed by atoms with Gasteiger partial charge in [0.25, 0.3) is 0 Å². The molecule has 0 saturated carbocycles. The molecule has 10 heteroatoms. The first-order valence-electron chi connectivity index (χ1n) is 8.44. The number of quaternary nitrogens is 1. The second-order valence-electron chi connectivity index (χ2n) is 7.21. The Kier molecular flexibility index (Phi) is 7.73. The van der Waals surface area contributed by atoms with Gasteiger partial charge < -0.3 is 28.2 Å². The van der Waals surface area contributed by atoms with Gasteiger partial charge in [-0.2, -0.15) is 0 Å². The van der Waals surface area contributed by atoms with Gasteiger partial charge in [0.15, 0.2) is 12.2 Å². The summed E-state index contributed by atoms with van der Waals surface area (Å²) in [6.07, 6.45) is -4.99. The van der Waals surface area contributed by atoms with E-state index in [1.807, 2.05) is 0 Å². The Morgan fingerprint density at radius 3 is 1.59 bits per heavy atom. The average Bonchev–Trinajstić information content (AvgIpc) is 2.46. The van der Waals surface area contributed by atoms with Crippen LogP contribution in [0.3, 0.4) is 0 Å². The zero-order valence-electron chi connectivity index (χ0n) is 16.7. The lowest BCUT2D eigenvalue weighted by Crippen LogP contribution is -2.68. The number of likely N-dealkylation sites (N-methyl/N-ethyl adjacent to an activating group) is 1. The Hall–Kier alpha value is -2.20. The molecular weight excluding hydrogens is 362 g/mol. The molecule has 0 aliphatic carbocycles. The topological polar surface area (TPSA) is 114 Å². The Morgan fingerprint density at radius 1 is 0.741 bits per heavy atom. The number of rotatable bonds is 6. The number of hydrogen-bond donors (Lipinski definition) is 0. The highest BCUT2D eigenvalue weighted by Crippen LogP contribution is 2.31. The van der Waals surface area contributed by atoms with E-state index in [4.69, 9.17) is 23.7 Å². The molecule has 0 amide bonds. The predicted octanol–water partition coefficient (Wildman–Crippen LogP) is -0.224. The summed E-state index contributed by atoms with van der Waals surface area (Å²) in [5.74, 6) is -2.46. The van der Waals surface area contributed by atoms with Crippen LogP contribution < -0.4 is 0 Å². The van der Waals surface area contributed by atoms with Crippen LogP contribution in [0.25, 0.3) is 0 Å². The van der Waals surface area contributed by atoms with Gasteiger partial charge in [-0.3, -0.25) is 19.2 Å². The third-order valence-corrected chi connectivity index (χ3v) is 3.73. The first-order valence-corrected chi connectivity index (χ1v) is 8.44. The van der Waals surface area contributed by atoms with E-state index in [-0.39, 0.29) is 11.1 Å². The van der Waals surface area contributed by atoms with Gasteiger partial charge >= 0.3 is 23.9 Å². The molecule has 0 spiro atoms. The Balaban J connectivity index is 3.36. The molecule has 1 aliphatic heterocycles. The van der Waals surface area contributed by atoms with Crippen LogP contribution in [0.1, 0.15) is 27.7 Å². The van der Waals surface area contributed by atoms with E-state index in [0.29, 0.717) is 0 Å². The van der Waals surface area contributed by atoms with Crippen molar-refractivity contribution in [2.24, 2.45) is 0 Å². The third kappa shape index (κ3) is 6.79. The summed E-state index contributed by atoms with van der Waals surface area (Å²) in [7, 11) is 5.38. The average molecular weight is 390 g/mol. The highest BCUT2D eigenvalue weighted by atomic mass is 16.7. The molecule has 1 fully saturated rings. The van der Waals surface area contributed by atoms with Crippen LogP contribution in [0.5, 0.6) is 0 Å². The van der Waals surface area contributed by atoms with Crippen molar-refractivity contribution >= 4 is 23.9 Å². The number of nitrogens with zero attached hydrogens (tertiary/aromatic N) is 1. The van der Waals surface area contributed by atoms with Crippen LogP contribution in [-0.4, -0.2) is 86.8 Å². The molecule has 0 radical (unpaired) electrons. The highest BCUT2D eigenvalue weighted by molar-refractivity contribution is 5.68. The molecule has 1 saturated heterocycles. The van der Waals surface area contributed by atoms with E-state index in [9.17, 15) is 19.2 Å². The van der Waals surface area contributed by atoms with Gasteiger partial charge in [-0.05, 0) is 0 Å². The molecule has 0 bridgehead atoms. The largest absolute Gasteiger partial charge is 0.463 e. The maximum absolute atomic E-state index is 11.7. The normalized spacial score (nSPS) is 28.0. The minimum Gasteiger partial charge on any atom is -0.463 e. The molecule has 1 unspecified atom stereocenters. The lowest BCUT2D eigenvalue weighted by Gasteiger charge is -2.48. The Bertz CT molecular complexity index is 583. The van der Waals surface area contributed by atoms with Crippen LogP contribution in [0.4, 0.5) is 0 Å². The van der Waals surface area contributed by atoms with Gasteiger partial charge in [-0.25, -0.2) is 0 Å². The molecule has 1 rings (SSSR count). The number of carbonyl (C=O) groups is 4. The molecule has 27 heavy (non-hydrogen) atoms. The second-order valence-corrected chi connectivity index (χ2v) is 7.21. The zero-order chi connectivity index (χ0) is 20.9. The van der Waals surface area contributed by atoms with Crippen molar-refractivity contribution in [3.05, 3.63) is 0 Å². The second kappa shape index (κ2) is 9.14. The lowest BCUT2D eigenvalue weighted by atomic mass is 9.96. The fourth-order valence-corrected chi connectivity index (χ4v) is 2.83. The smallest absolute Gasteiger partial charge is 0.303 e. The Labute approximate surface area is 158 Å². The molecule has 1 aliphatic rings. The van der Waals surface area contributed by atoms with E-state index in [1.165, 1.54) is 27.7 Å². The summed E-state index contributed by atoms with van der Waals surface area (Å²) in [5.41, 5.74) is 0. The van der Waals surface area contributed by atoms with Crippen molar-refractivity contribution < 1.29 is 47.3 Å². The summed E-state index contributed by atoms with van der Waals surface area (Å²) < 4.78 is 27.2. The maximum Gasteiger partial charge on any atom is 0.303 e. The predicted molar refractivity (Wildman–Crippen MR) is 90.0 cm³/mol. The van der Waals surface area contributed by atoms with Crippen LogP contribution in [0.2, 0.25) is 0 Å². The van der Waals surface area contributed by atoms with Gasteiger partial charge in [-0.1, -0.05) is 0 Å². The van der Waals surface area contributed by atoms with Gasteiger partial charge in [-0.15, -0.1) is 0 Å². The SMILES string of the molecule is CC(=O)OC[C@H]1OC([N+](C)(C)C)[C@H](OC(C)=O)[C@@H](OC(C)=O)[C@@H]1OC(C)=O. The van der Waals surface area contributed by atoms with Crippen LogP contribution >= 0.6 is 0 Å². The van der Waals surface area contributed by atoms with Gasteiger partial charge in [0, 0.05) is 27.7 Å². The third-order valence-electron chi connectivity index (χ3n) is 3.73.